The van der Waals surface area contributed by atoms with E-state index in [4.69, 9.17) is 4.74 Å². The summed E-state index contributed by atoms with van der Waals surface area (Å²) in [6.07, 6.45) is 5.20. The lowest BCUT2D eigenvalue weighted by Crippen LogP contribution is -2.64. The Morgan fingerprint density at radius 3 is 2.89 bits per heavy atom. The van der Waals surface area contributed by atoms with Crippen molar-refractivity contribution in [3.8, 4) is 0 Å². The molecule has 1 saturated heterocycles. The molecule has 1 aromatic rings. The Bertz CT molecular complexity index is 449. The second-order valence-corrected chi connectivity index (χ2v) is 5.54. The van der Waals surface area contributed by atoms with Gasteiger partial charge < -0.3 is 15.2 Å². The molecule has 5 heteroatoms. The van der Waals surface area contributed by atoms with Crippen LogP contribution in [0.3, 0.4) is 0 Å². The number of aromatic nitrogens is 1. The molecule has 0 bridgehead atoms. The molecule has 1 aromatic heterocycles. The maximum absolute atomic E-state index is 13.1. The molecule has 104 valence electrons. The molecule has 19 heavy (non-hydrogen) atoms. The van der Waals surface area contributed by atoms with Gasteiger partial charge in [-0.15, -0.1) is 0 Å². The lowest BCUT2D eigenvalue weighted by atomic mass is 9.58. The number of hydrogen-bond acceptors (Lipinski definition) is 4. The van der Waals surface area contributed by atoms with Gasteiger partial charge in [0.2, 0.25) is 0 Å². The van der Waals surface area contributed by atoms with E-state index in [1.807, 2.05) is 0 Å². The Kier molecular flexibility index (Phi) is 3.52. The third-order valence-electron chi connectivity index (χ3n) is 4.55. The number of pyridine rings is 1. The molecule has 0 aromatic carbocycles. The summed E-state index contributed by atoms with van der Waals surface area (Å²) < 4.78 is 18.4. The maximum atomic E-state index is 13.1. The molecule has 2 heterocycles. The number of aliphatic hydroxyl groups is 1. The van der Waals surface area contributed by atoms with E-state index in [1.54, 1.807) is 6.20 Å². The highest BCUT2D eigenvalue weighted by Gasteiger charge is 2.54. The number of nitrogens with one attached hydrogen (secondary N) is 1. The van der Waals surface area contributed by atoms with Crippen LogP contribution in [-0.4, -0.2) is 35.5 Å². The molecule has 2 atom stereocenters. The van der Waals surface area contributed by atoms with Crippen LogP contribution in [0.2, 0.25) is 0 Å². The van der Waals surface area contributed by atoms with Crippen LogP contribution >= 0.6 is 0 Å². The van der Waals surface area contributed by atoms with Crippen molar-refractivity contribution in [2.24, 2.45) is 5.41 Å². The van der Waals surface area contributed by atoms with E-state index < -0.39 is 0 Å². The van der Waals surface area contributed by atoms with Crippen molar-refractivity contribution >= 4 is 0 Å². The summed E-state index contributed by atoms with van der Waals surface area (Å²) >= 11 is 0. The summed E-state index contributed by atoms with van der Waals surface area (Å²) in [6, 6.07) is 1.78. The van der Waals surface area contributed by atoms with Crippen molar-refractivity contribution in [3.63, 3.8) is 0 Å². The first kappa shape index (κ1) is 13.0. The van der Waals surface area contributed by atoms with Crippen molar-refractivity contribution in [2.75, 3.05) is 13.2 Å². The number of nitrogens with zero attached hydrogens (tertiary/aromatic N) is 1. The topological polar surface area (TPSA) is 54.4 Å². The molecule has 4 nitrogen and oxygen atoms in total. The molecule has 0 amide bonds. The zero-order valence-electron chi connectivity index (χ0n) is 10.8. The largest absolute Gasteiger partial charge is 0.392 e. The summed E-state index contributed by atoms with van der Waals surface area (Å²) in [4.78, 5) is 3.84. The molecule has 2 aliphatic rings. The number of aliphatic hydroxyl groups excluding tert-OH is 1. The van der Waals surface area contributed by atoms with Gasteiger partial charge in [0.25, 0.3) is 0 Å². The lowest BCUT2D eigenvalue weighted by molar-refractivity contribution is -0.149. The predicted octanol–water partition coefficient (Wildman–Crippen LogP) is 1.24. The van der Waals surface area contributed by atoms with Crippen molar-refractivity contribution in [1.82, 2.24) is 10.3 Å². The van der Waals surface area contributed by atoms with Gasteiger partial charge in [0.15, 0.2) is 0 Å². The molecular formula is C14H19FN2O2. The van der Waals surface area contributed by atoms with Crippen LogP contribution in [0.25, 0.3) is 0 Å². The zero-order valence-corrected chi connectivity index (χ0v) is 10.8. The SMILES string of the molecule is O[C@@H]1C[C@@H](NCc2cncc(F)c2)C12CCOCC2. The number of rotatable bonds is 3. The fourth-order valence-electron chi connectivity index (χ4n) is 3.28. The Hall–Kier alpha value is -1.04. The molecule has 2 N–H and O–H groups in total. The van der Waals surface area contributed by atoms with E-state index in [0.29, 0.717) is 6.54 Å². The van der Waals surface area contributed by atoms with Crippen molar-refractivity contribution in [1.29, 1.82) is 0 Å². The minimum absolute atomic E-state index is 0.0427. The highest BCUT2D eigenvalue weighted by atomic mass is 19.1. The normalized spacial score (nSPS) is 29.2. The molecule has 1 aliphatic heterocycles. The third kappa shape index (κ3) is 2.38. The minimum atomic E-state index is -0.311. The van der Waals surface area contributed by atoms with Crippen molar-refractivity contribution < 1.29 is 14.2 Å². The van der Waals surface area contributed by atoms with Crippen LogP contribution in [0, 0.1) is 11.2 Å². The van der Waals surface area contributed by atoms with Crippen molar-refractivity contribution in [2.45, 2.75) is 38.0 Å². The molecule has 1 saturated carbocycles. The third-order valence-corrected chi connectivity index (χ3v) is 4.55. The van der Waals surface area contributed by atoms with Gasteiger partial charge in [-0.3, -0.25) is 4.98 Å². The molecule has 2 fully saturated rings. The van der Waals surface area contributed by atoms with E-state index in [1.165, 1.54) is 12.3 Å². The molecule has 0 radical (unpaired) electrons. The van der Waals surface area contributed by atoms with Gasteiger partial charge in [-0.05, 0) is 30.9 Å². The van der Waals surface area contributed by atoms with E-state index in [9.17, 15) is 9.50 Å². The highest BCUT2D eigenvalue weighted by Crippen LogP contribution is 2.48. The van der Waals surface area contributed by atoms with Crippen molar-refractivity contribution in [3.05, 3.63) is 29.8 Å². The summed E-state index contributed by atoms with van der Waals surface area (Å²) in [7, 11) is 0. The number of ether oxygens (including phenoxy) is 1. The van der Waals surface area contributed by atoms with Crippen LogP contribution < -0.4 is 5.32 Å². The first-order chi connectivity index (χ1) is 9.21. The molecule has 1 aliphatic carbocycles. The monoisotopic (exact) mass is 266 g/mol. The first-order valence-corrected chi connectivity index (χ1v) is 6.79. The number of hydrogen-bond donors (Lipinski definition) is 2. The standard InChI is InChI=1S/C14H19FN2O2/c15-11-5-10(7-16-9-11)8-17-12-6-13(18)14(12)1-3-19-4-2-14/h5,7,9,12-13,17-18H,1-4,6,8H2/t12-,13-/m1/s1. The van der Waals surface area contributed by atoms with Crippen LogP contribution in [0.15, 0.2) is 18.5 Å². The second kappa shape index (κ2) is 5.15. The highest BCUT2D eigenvalue weighted by molar-refractivity contribution is 5.12. The van der Waals surface area contributed by atoms with Gasteiger partial charge in [0.05, 0.1) is 12.3 Å². The summed E-state index contributed by atoms with van der Waals surface area (Å²) in [6.45, 7) is 2.03. The molecule has 1 spiro atoms. The van der Waals surface area contributed by atoms with E-state index in [2.05, 4.69) is 10.3 Å². The average molecular weight is 266 g/mol. The maximum Gasteiger partial charge on any atom is 0.141 e. The fraction of sp³-hybridized carbons (Fsp3) is 0.643. The van der Waals surface area contributed by atoms with Crippen LogP contribution in [0.4, 0.5) is 4.39 Å². The quantitative estimate of drug-likeness (QED) is 0.864. The smallest absolute Gasteiger partial charge is 0.141 e. The lowest BCUT2D eigenvalue weighted by Gasteiger charge is -2.56. The predicted molar refractivity (Wildman–Crippen MR) is 67.9 cm³/mol. The zero-order chi connectivity index (χ0) is 13.3. The Labute approximate surface area is 112 Å². The Morgan fingerprint density at radius 1 is 1.42 bits per heavy atom. The van der Waals surface area contributed by atoms with Gasteiger partial charge in [-0.1, -0.05) is 0 Å². The van der Waals surface area contributed by atoms with Crippen LogP contribution in [0.5, 0.6) is 0 Å². The van der Waals surface area contributed by atoms with Gasteiger partial charge >= 0.3 is 0 Å². The Morgan fingerprint density at radius 2 is 2.21 bits per heavy atom. The fourth-order valence-corrected chi connectivity index (χ4v) is 3.28. The Balaban J connectivity index is 1.61. The molecule has 3 rings (SSSR count). The second-order valence-electron chi connectivity index (χ2n) is 5.54. The molecule has 0 unspecified atom stereocenters. The number of halogens is 1. The minimum Gasteiger partial charge on any atom is -0.392 e. The average Bonchev–Trinajstić information content (AvgIpc) is 2.44. The summed E-state index contributed by atoms with van der Waals surface area (Å²) in [5.74, 6) is -0.311. The summed E-state index contributed by atoms with van der Waals surface area (Å²) in [5, 5.41) is 13.5. The van der Waals surface area contributed by atoms with Gasteiger partial charge in [0.1, 0.15) is 5.82 Å². The molecular weight excluding hydrogens is 247 g/mol. The van der Waals surface area contributed by atoms with Gasteiger partial charge in [-0.2, -0.15) is 0 Å². The van der Waals surface area contributed by atoms with Crippen LogP contribution in [-0.2, 0) is 11.3 Å². The van der Waals surface area contributed by atoms with Crippen LogP contribution in [0.1, 0.15) is 24.8 Å². The van der Waals surface area contributed by atoms with E-state index >= 15 is 0 Å². The van der Waals surface area contributed by atoms with Gasteiger partial charge in [-0.25, -0.2) is 4.39 Å². The summed E-state index contributed by atoms with van der Waals surface area (Å²) in [5.41, 5.74) is 0.794. The first-order valence-electron chi connectivity index (χ1n) is 6.79. The van der Waals surface area contributed by atoms with E-state index in [-0.39, 0.29) is 23.4 Å². The van der Waals surface area contributed by atoms with E-state index in [0.717, 1.165) is 38.0 Å². The van der Waals surface area contributed by atoms with Gasteiger partial charge in [0, 0.05) is 37.4 Å².